The minimum absolute atomic E-state index is 0.0471. The fourth-order valence-corrected chi connectivity index (χ4v) is 4.82. The third-order valence-electron chi connectivity index (χ3n) is 6.19. The first-order valence-corrected chi connectivity index (χ1v) is 11.4. The van der Waals surface area contributed by atoms with E-state index in [1.807, 2.05) is 11.8 Å². The Hall–Kier alpha value is -2.46. The average Bonchev–Trinajstić information content (AvgIpc) is 2.76. The van der Waals surface area contributed by atoms with E-state index < -0.39 is 0 Å². The Morgan fingerprint density at radius 3 is 2.48 bits per heavy atom. The third kappa shape index (κ3) is 5.07. The van der Waals surface area contributed by atoms with Gasteiger partial charge in [-0.2, -0.15) is 0 Å². The molecule has 0 aliphatic heterocycles. The van der Waals surface area contributed by atoms with E-state index in [-0.39, 0.29) is 17.6 Å². The summed E-state index contributed by atoms with van der Waals surface area (Å²) in [5.41, 5.74) is 4.89. The Bertz CT molecular complexity index is 1090. The molecule has 1 aliphatic carbocycles. The van der Waals surface area contributed by atoms with Crippen LogP contribution in [-0.4, -0.2) is 15.8 Å². The minimum Gasteiger partial charge on any atom is -0.334 e. The maximum absolute atomic E-state index is 13.4. The zero-order chi connectivity index (χ0) is 22.0. The normalized spacial score (nSPS) is 14.7. The van der Waals surface area contributed by atoms with Gasteiger partial charge >= 0.3 is 0 Å². The van der Waals surface area contributed by atoms with Crippen molar-refractivity contribution < 1.29 is 9.18 Å². The lowest BCUT2D eigenvalue weighted by molar-refractivity contribution is -0.137. The summed E-state index contributed by atoms with van der Waals surface area (Å²) in [6, 6.07) is 12.6. The van der Waals surface area contributed by atoms with Crippen LogP contribution in [0.4, 0.5) is 4.39 Å². The Labute approximate surface area is 188 Å². The first-order chi connectivity index (χ1) is 14.9. The Kier molecular flexibility index (Phi) is 6.57. The number of nitrogens with zero attached hydrogens (tertiary/aromatic N) is 2. The smallest absolute Gasteiger partial charge is 0.226 e. The summed E-state index contributed by atoms with van der Waals surface area (Å²) < 4.78 is 13.4. The molecule has 162 valence electrons. The van der Waals surface area contributed by atoms with Crippen molar-refractivity contribution in [2.24, 2.45) is 5.92 Å². The number of carbonyl (C=O) groups excluding carboxylic acids is 1. The molecule has 0 radical (unpaired) electrons. The molecular formula is C26H28ClFN2O. The van der Waals surface area contributed by atoms with Gasteiger partial charge in [0.05, 0.1) is 5.52 Å². The fourth-order valence-electron chi connectivity index (χ4n) is 4.62. The molecule has 1 amide bonds. The summed E-state index contributed by atoms with van der Waals surface area (Å²) in [5.74, 6) is -0.0760. The zero-order valence-electron chi connectivity index (χ0n) is 18.1. The number of halogens is 2. The van der Waals surface area contributed by atoms with E-state index in [1.165, 1.54) is 24.1 Å². The number of fused-ring (bicyclic) bond motifs is 1. The van der Waals surface area contributed by atoms with Gasteiger partial charge in [-0.15, -0.1) is 0 Å². The van der Waals surface area contributed by atoms with Crippen molar-refractivity contribution in [1.29, 1.82) is 0 Å². The number of amides is 1. The quantitative estimate of drug-likeness (QED) is 0.412. The van der Waals surface area contributed by atoms with Crippen LogP contribution in [0.5, 0.6) is 0 Å². The van der Waals surface area contributed by atoms with Crippen molar-refractivity contribution in [3.63, 3.8) is 0 Å². The van der Waals surface area contributed by atoms with Gasteiger partial charge in [-0.3, -0.25) is 4.79 Å². The van der Waals surface area contributed by atoms with Gasteiger partial charge in [0.2, 0.25) is 5.91 Å². The van der Waals surface area contributed by atoms with Crippen LogP contribution in [0.2, 0.25) is 5.15 Å². The highest BCUT2D eigenvalue weighted by atomic mass is 35.5. The molecular weight excluding hydrogens is 411 g/mol. The predicted molar refractivity (Wildman–Crippen MR) is 123 cm³/mol. The molecule has 0 N–H and O–H groups in total. The summed E-state index contributed by atoms with van der Waals surface area (Å²) in [6.45, 7) is 4.91. The summed E-state index contributed by atoms with van der Waals surface area (Å²) in [6.07, 6.45) is 5.25. The number of aromatic nitrogens is 1. The standard InChI is InChI=1S/C26H28ClFN2O/c1-17-12-18(2)24-21(13-17)14-22(25(27)29-24)16-30(15-19-8-10-23(28)11-9-19)26(31)20-6-4-3-5-7-20/h8-14,20H,3-7,15-16H2,1-2H3. The number of carbonyl (C=O) groups is 1. The van der Waals surface area contributed by atoms with Gasteiger partial charge < -0.3 is 4.90 Å². The molecule has 1 fully saturated rings. The van der Waals surface area contributed by atoms with Crippen molar-refractivity contribution in [2.45, 2.75) is 59.0 Å². The molecule has 0 atom stereocenters. The van der Waals surface area contributed by atoms with E-state index in [0.717, 1.165) is 53.3 Å². The van der Waals surface area contributed by atoms with Gasteiger partial charge in [-0.25, -0.2) is 9.37 Å². The Morgan fingerprint density at radius 1 is 1.06 bits per heavy atom. The molecule has 5 heteroatoms. The molecule has 1 aromatic heterocycles. The zero-order valence-corrected chi connectivity index (χ0v) is 18.9. The molecule has 0 saturated heterocycles. The van der Waals surface area contributed by atoms with E-state index in [9.17, 15) is 9.18 Å². The summed E-state index contributed by atoms with van der Waals surface area (Å²) in [7, 11) is 0. The molecule has 0 unspecified atom stereocenters. The van der Waals surface area contributed by atoms with Crippen LogP contribution < -0.4 is 0 Å². The molecule has 3 aromatic rings. The van der Waals surface area contributed by atoms with E-state index in [4.69, 9.17) is 11.6 Å². The lowest BCUT2D eigenvalue weighted by Crippen LogP contribution is -2.36. The van der Waals surface area contributed by atoms with Crippen LogP contribution in [0.1, 0.15) is 54.4 Å². The van der Waals surface area contributed by atoms with E-state index in [2.05, 4.69) is 30.1 Å². The summed E-state index contributed by atoms with van der Waals surface area (Å²) in [5, 5.41) is 1.46. The Balaban J connectivity index is 1.66. The maximum atomic E-state index is 13.4. The molecule has 31 heavy (non-hydrogen) atoms. The molecule has 1 saturated carbocycles. The molecule has 3 nitrogen and oxygen atoms in total. The number of pyridine rings is 1. The topological polar surface area (TPSA) is 33.2 Å². The van der Waals surface area contributed by atoms with E-state index in [1.54, 1.807) is 12.1 Å². The van der Waals surface area contributed by atoms with Crippen LogP contribution in [0.25, 0.3) is 10.9 Å². The first-order valence-electron chi connectivity index (χ1n) is 11.0. The second kappa shape index (κ2) is 9.35. The van der Waals surface area contributed by atoms with Gasteiger partial charge in [0.1, 0.15) is 11.0 Å². The van der Waals surface area contributed by atoms with Crippen molar-refractivity contribution in [3.05, 3.63) is 75.7 Å². The average molecular weight is 439 g/mol. The fraction of sp³-hybridized carbons (Fsp3) is 0.385. The minimum atomic E-state index is -0.276. The number of hydrogen-bond donors (Lipinski definition) is 0. The lowest BCUT2D eigenvalue weighted by atomic mass is 9.88. The highest BCUT2D eigenvalue weighted by molar-refractivity contribution is 6.30. The SMILES string of the molecule is Cc1cc(C)c2nc(Cl)c(CN(Cc3ccc(F)cc3)C(=O)C3CCCCC3)cc2c1. The second-order valence-electron chi connectivity index (χ2n) is 8.75. The lowest BCUT2D eigenvalue weighted by Gasteiger charge is -2.30. The maximum Gasteiger partial charge on any atom is 0.226 e. The molecule has 1 heterocycles. The molecule has 4 rings (SSSR count). The largest absolute Gasteiger partial charge is 0.334 e. The van der Waals surface area contributed by atoms with Crippen LogP contribution in [-0.2, 0) is 17.9 Å². The van der Waals surface area contributed by atoms with Crippen molar-refractivity contribution in [2.75, 3.05) is 0 Å². The molecule has 1 aliphatic rings. The highest BCUT2D eigenvalue weighted by Crippen LogP contribution is 2.29. The number of hydrogen-bond acceptors (Lipinski definition) is 2. The number of rotatable bonds is 5. The van der Waals surface area contributed by atoms with Gasteiger partial charge in [0, 0.05) is 30.0 Å². The van der Waals surface area contributed by atoms with Gasteiger partial charge in [0.15, 0.2) is 0 Å². The monoisotopic (exact) mass is 438 g/mol. The van der Waals surface area contributed by atoms with Crippen LogP contribution in [0.15, 0.2) is 42.5 Å². The summed E-state index contributed by atoms with van der Waals surface area (Å²) in [4.78, 5) is 19.9. The highest BCUT2D eigenvalue weighted by Gasteiger charge is 2.27. The molecule has 0 spiro atoms. The van der Waals surface area contributed by atoms with E-state index in [0.29, 0.717) is 18.2 Å². The molecule has 2 aromatic carbocycles. The summed E-state index contributed by atoms with van der Waals surface area (Å²) >= 11 is 6.57. The number of aryl methyl sites for hydroxylation is 2. The van der Waals surface area contributed by atoms with Crippen molar-refractivity contribution in [3.8, 4) is 0 Å². The van der Waals surface area contributed by atoms with Crippen LogP contribution >= 0.6 is 11.6 Å². The Morgan fingerprint density at radius 2 is 1.77 bits per heavy atom. The second-order valence-corrected chi connectivity index (χ2v) is 9.11. The van der Waals surface area contributed by atoms with Gasteiger partial charge in [-0.05, 0) is 62.1 Å². The van der Waals surface area contributed by atoms with Gasteiger partial charge in [-0.1, -0.05) is 54.6 Å². The predicted octanol–water partition coefficient (Wildman–Crippen LogP) is 6.75. The number of benzene rings is 2. The van der Waals surface area contributed by atoms with E-state index >= 15 is 0 Å². The van der Waals surface area contributed by atoms with Gasteiger partial charge in [0.25, 0.3) is 0 Å². The third-order valence-corrected chi connectivity index (χ3v) is 6.52. The van der Waals surface area contributed by atoms with Crippen LogP contribution in [0, 0.1) is 25.6 Å². The molecule has 0 bridgehead atoms. The van der Waals surface area contributed by atoms with Crippen molar-refractivity contribution >= 4 is 28.4 Å². The van der Waals surface area contributed by atoms with Crippen molar-refractivity contribution in [1.82, 2.24) is 9.88 Å². The van der Waals surface area contributed by atoms with Crippen LogP contribution in [0.3, 0.4) is 0 Å². The first kappa shape index (κ1) is 21.8.